The Kier molecular flexibility index (Phi) is 6.57. The zero-order valence-electron chi connectivity index (χ0n) is 16.2. The summed E-state index contributed by atoms with van der Waals surface area (Å²) in [7, 11) is 3.08. The summed E-state index contributed by atoms with van der Waals surface area (Å²) < 4.78 is 5.23. The summed E-state index contributed by atoms with van der Waals surface area (Å²) in [5, 5.41) is 23.4. The molecule has 0 unspecified atom stereocenters. The van der Waals surface area contributed by atoms with Crippen LogP contribution in [0.15, 0.2) is 18.2 Å². The topological polar surface area (TPSA) is 126 Å². The first-order chi connectivity index (χ1) is 13.3. The Morgan fingerprint density at radius 1 is 1.36 bits per heavy atom. The summed E-state index contributed by atoms with van der Waals surface area (Å²) in [4.78, 5) is 37.0. The summed E-state index contributed by atoms with van der Waals surface area (Å²) >= 11 is 0. The van der Waals surface area contributed by atoms with Crippen molar-refractivity contribution in [1.82, 2.24) is 4.90 Å². The lowest BCUT2D eigenvalue weighted by Crippen LogP contribution is -2.53. The van der Waals surface area contributed by atoms with Crippen LogP contribution >= 0.6 is 0 Å². The van der Waals surface area contributed by atoms with Crippen LogP contribution in [0.5, 0.6) is 0 Å². The number of amides is 1. The summed E-state index contributed by atoms with van der Waals surface area (Å²) in [6, 6.07) is 6.15. The number of carbonyl (C=O) groups excluding carboxylic acids is 2. The number of hydrogen-bond acceptors (Lipinski definition) is 7. The van der Waals surface area contributed by atoms with Crippen LogP contribution in [0.2, 0.25) is 0 Å². The Labute approximate surface area is 163 Å². The molecule has 1 saturated carbocycles. The highest BCUT2D eigenvalue weighted by atomic mass is 16.6. The summed E-state index contributed by atoms with van der Waals surface area (Å²) in [6.45, 7) is 1.43. The Balaban J connectivity index is 2.13. The molecule has 0 aliphatic heterocycles. The van der Waals surface area contributed by atoms with E-state index in [-0.39, 0.29) is 16.9 Å². The lowest BCUT2D eigenvalue weighted by atomic mass is 9.81. The maximum absolute atomic E-state index is 12.7. The number of nitriles is 1. The van der Waals surface area contributed by atoms with E-state index in [0.717, 1.165) is 25.3 Å². The van der Waals surface area contributed by atoms with Gasteiger partial charge in [0.25, 0.3) is 11.6 Å². The molecule has 9 nitrogen and oxygen atoms in total. The molecule has 9 heteroatoms. The molecule has 1 aliphatic carbocycles. The predicted molar refractivity (Wildman–Crippen MR) is 102 cm³/mol. The zero-order chi connectivity index (χ0) is 20.9. The second kappa shape index (κ2) is 8.69. The van der Waals surface area contributed by atoms with Gasteiger partial charge in [-0.25, -0.2) is 4.79 Å². The van der Waals surface area contributed by atoms with E-state index in [2.05, 4.69) is 11.4 Å². The van der Waals surface area contributed by atoms with Crippen LogP contribution in [0.4, 0.5) is 11.4 Å². The standard InChI is InChI=1S/C19H24N4O5/c1-13(17(24)22(3)19(12-20)9-5-4-6-10-19)28-18(25)14-7-8-15(21-2)16(11-14)23(26)27/h7-8,11,13,21H,4-6,9-10H2,1-3H3/t13-/m0/s1. The Hall–Kier alpha value is -3.15. The number of hydrogen-bond donors (Lipinski definition) is 1. The number of carbonyl (C=O) groups is 2. The van der Waals surface area contributed by atoms with E-state index in [9.17, 15) is 25.0 Å². The minimum Gasteiger partial charge on any atom is -0.449 e. The lowest BCUT2D eigenvalue weighted by Gasteiger charge is -2.39. The summed E-state index contributed by atoms with van der Waals surface area (Å²) in [6.07, 6.45) is 2.81. The van der Waals surface area contributed by atoms with E-state index in [1.54, 1.807) is 7.05 Å². The number of benzene rings is 1. The fraction of sp³-hybridized carbons (Fsp3) is 0.526. The van der Waals surface area contributed by atoms with Crippen LogP contribution in [0.3, 0.4) is 0 Å². The number of nitrogens with zero attached hydrogens (tertiary/aromatic N) is 3. The maximum Gasteiger partial charge on any atom is 0.339 e. The fourth-order valence-corrected chi connectivity index (χ4v) is 3.44. The van der Waals surface area contributed by atoms with Crippen molar-refractivity contribution in [1.29, 1.82) is 5.26 Å². The van der Waals surface area contributed by atoms with Crippen LogP contribution in [-0.2, 0) is 9.53 Å². The number of nitro benzene ring substituents is 1. The molecule has 0 aromatic heterocycles. The van der Waals surface area contributed by atoms with Crippen molar-refractivity contribution < 1.29 is 19.2 Å². The largest absolute Gasteiger partial charge is 0.449 e. The van der Waals surface area contributed by atoms with E-state index in [1.165, 1.54) is 31.0 Å². The van der Waals surface area contributed by atoms with E-state index < -0.39 is 28.4 Å². The summed E-state index contributed by atoms with van der Waals surface area (Å²) in [5.41, 5.74) is -0.915. The second-order valence-electron chi connectivity index (χ2n) is 6.89. The van der Waals surface area contributed by atoms with Crippen molar-refractivity contribution in [2.24, 2.45) is 0 Å². The first kappa shape index (κ1) is 21.2. The van der Waals surface area contributed by atoms with Crippen LogP contribution in [0, 0.1) is 21.4 Å². The van der Waals surface area contributed by atoms with Gasteiger partial charge in [-0.3, -0.25) is 14.9 Å². The van der Waals surface area contributed by atoms with Crippen LogP contribution in [0.1, 0.15) is 49.4 Å². The van der Waals surface area contributed by atoms with Gasteiger partial charge in [-0.15, -0.1) is 0 Å². The highest BCUT2D eigenvalue weighted by molar-refractivity contribution is 5.93. The number of nitrogens with one attached hydrogen (secondary N) is 1. The summed E-state index contributed by atoms with van der Waals surface area (Å²) in [5.74, 6) is -1.31. The van der Waals surface area contributed by atoms with Crippen molar-refractivity contribution >= 4 is 23.3 Å². The molecule has 2 rings (SSSR count). The molecular weight excluding hydrogens is 364 g/mol. The van der Waals surface area contributed by atoms with Gasteiger partial charge in [0.1, 0.15) is 11.2 Å². The first-order valence-corrected chi connectivity index (χ1v) is 9.12. The van der Waals surface area contributed by atoms with Gasteiger partial charge in [-0.1, -0.05) is 19.3 Å². The number of rotatable bonds is 6. The molecule has 0 heterocycles. The minimum absolute atomic E-state index is 0.0272. The third-order valence-electron chi connectivity index (χ3n) is 5.19. The zero-order valence-corrected chi connectivity index (χ0v) is 16.2. The van der Waals surface area contributed by atoms with Gasteiger partial charge in [0.2, 0.25) is 0 Å². The number of esters is 1. The predicted octanol–water partition coefficient (Wildman–Crippen LogP) is 2.87. The highest BCUT2D eigenvalue weighted by Crippen LogP contribution is 2.33. The molecule has 0 bridgehead atoms. The molecule has 28 heavy (non-hydrogen) atoms. The van der Waals surface area contributed by atoms with Crippen LogP contribution < -0.4 is 5.32 Å². The molecule has 0 spiro atoms. The van der Waals surface area contributed by atoms with E-state index in [0.29, 0.717) is 12.8 Å². The molecule has 1 fully saturated rings. The van der Waals surface area contributed by atoms with Gasteiger partial charge in [0.05, 0.1) is 16.6 Å². The lowest BCUT2D eigenvalue weighted by molar-refractivity contribution is -0.384. The molecule has 0 saturated heterocycles. The number of nitro groups is 1. The van der Waals surface area contributed by atoms with Crippen molar-refractivity contribution in [3.8, 4) is 6.07 Å². The average Bonchev–Trinajstić information content (AvgIpc) is 2.72. The molecule has 1 amide bonds. The van der Waals surface area contributed by atoms with Gasteiger partial charge in [0.15, 0.2) is 6.10 Å². The van der Waals surface area contributed by atoms with Gasteiger partial charge in [-0.2, -0.15) is 5.26 Å². The Bertz CT molecular complexity index is 811. The number of anilines is 1. The maximum atomic E-state index is 12.7. The SMILES string of the molecule is CNc1ccc(C(=O)O[C@@H](C)C(=O)N(C)C2(C#N)CCCCC2)cc1[N+](=O)[O-]. The highest BCUT2D eigenvalue weighted by Gasteiger charge is 2.40. The van der Waals surface area contributed by atoms with Crippen molar-refractivity contribution in [2.75, 3.05) is 19.4 Å². The van der Waals surface area contributed by atoms with E-state index >= 15 is 0 Å². The Morgan fingerprint density at radius 3 is 2.54 bits per heavy atom. The molecule has 1 atom stereocenters. The number of ether oxygens (including phenoxy) is 1. The second-order valence-corrected chi connectivity index (χ2v) is 6.89. The average molecular weight is 388 g/mol. The van der Waals surface area contributed by atoms with Gasteiger partial charge in [0, 0.05) is 20.2 Å². The molecular formula is C19H24N4O5. The van der Waals surface area contributed by atoms with Gasteiger partial charge in [-0.05, 0) is 31.9 Å². The van der Waals surface area contributed by atoms with Crippen LogP contribution in [-0.4, -0.2) is 47.4 Å². The van der Waals surface area contributed by atoms with E-state index in [1.807, 2.05) is 0 Å². The molecule has 1 aromatic carbocycles. The number of likely N-dealkylation sites (N-methyl/N-ethyl adjacent to an activating group) is 1. The smallest absolute Gasteiger partial charge is 0.339 e. The fourth-order valence-electron chi connectivity index (χ4n) is 3.44. The molecule has 0 radical (unpaired) electrons. The minimum atomic E-state index is -1.12. The first-order valence-electron chi connectivity index (χ1n) is 9.12. The van der Waals surface area contributed by atoms with Gasteiger partial charge < -0.3 is 15.0 Å². The molecule has 150 valence electrons. The Morgan fingerprint density at radius 2 is 2.00 bits per heavy atom. The monoisotopic (exact) mass is 388 g/mol. The normalized spacial score (nSPS) is 16.4. The quantitative estimate of drug-likeness (QED) is 0.451. The third-order valence-corrected chi connectivity index (χ3v) is 5.19. The molecule has 1 aliphatic rings. The van der Waals surface area contributed by atoms with Gasteiger partial charge >= 0.3 is 5.97 Å². The van der Waals surface area contributed by atoms with Crippen molar-refractivity contribution in [3.05, 3.63) is 33.9 Å². The molecule has 1 aromatic rings. The molecule has 1 N–H and O–H groups in total. The van der Waals surface area contributed by atoms with Crippen molar-refractivity contribution in [2.45, 2.75) is 50.7 Å². The van der Waals surface area contributed by atoms with Crippen molar-refractivity contribution in [3.63, 3.8) is 0 Å². The third kappa shape index (κ3) is 4.22. The van der Waals surface area contributed by atoms with Crippen LogP contribution in [0.25, 0.3) is 0 Å². The van der Waals surface area contributed by atoms with E-state index in [4.69, 9.17) is 4.74 Å².